The van der Waals surface area contributed by atoms with E-state index in [0.29, 0.717) is 0 Å². The summed E-state index contributed by atoms with van der Waals surface area (Å²) in [6.45, 7) is 7.47. The van der Waals surface area contributed by atoms with E-state index in [-0.39, 0.29) is 12.3 Å². The van der Waals surface area contributed by atoms with Gasteiger partial charge in [0.15, 0.2) is 6.23 Å². The molecule has 174 valence electrons. The van der Waals surface area contributed by atoms with E-state index in [1.54, 1.807) is 0 Å². The summed E-state index contributed by atoms with van der Waals surface area (Å²) >= 11 is 0. The Labute approximate surface area is 194 Å². The van der Waals surface area contributed by atoms with Crippen molar-refractivity contribution in [2.24, 2.45) is 0 Å². The fourth-order valence-corrected chi connectivity index (χ4v) is 5.39. The molecule has 0 radical (unpaired) electrons. The summed E-state index contributed by atoms with van der Waals surface area (Å²) in [5, 5.41) is 5.79. The Morgan fingerprint density at radius 1 is 1.00 bits per heavy atom. The topological polar surface area (TPSA) is 68.5 Å². The van der Waals surface area contributed by atoms with Gasteiger partial charge in [-0.3, -0.25) is 4.98 Å². The highest BCUT2D eigenvalue weighted by Crippen LogP contribution is 2.37. The fourth-order valence-electron chi connectivity index (χ4n) is 5.39. The largest absolute Gasteiger partial charge is 0.377 e. The van der Waals surface area contributed by atoms with E-state index in [9.17, 15) is 0 Å². The first kappa shape index (κ1) is 20.9. The van der Waals surface area contributed by atoms with Crippen LogP contribution in [-0.4, -0.2) is 65.2 Å². The third-order valence-electron chi connectivity index (χ3n) is 7.14. The molecular formula is C25H32N6O2. The molecule has 2 unspecified atom stereocenters. The monoisotopic (exact) mass is 448 g/mol. The molecule has 33 heavy (non-hydrogen) atoms. The van der Waals surface area contributed by atoms with Crippen LogP contribution >= 0.6 is 0 Å². The molecule has 0 amide bonds. The minimum atomic E-state index is -0.0405. The van der Waals surface area contributed by atoms with Gasteiger partial charge in [-0.1, -0.05) is 0 Å². The van der Waals surface area contributed by atoms with Crippen molar-refractivity contribution < 1.29 is 9.47 Å². The molecule has 8 heteroatoms. The second kappa shape index (κ2) is 8.91. The van der Waals surface area contributed by atoms with Gasteiger partial charge >= 0.3 is 0 Å². The lowest BCUT2D eigenvalue weighted by Crippen LogP contribution is -2.44. The Hall–Kier alpha value is -2.71. The predicted octanol–water partition coefficient (Wildman–Crippen LogP) is 4.02. The number of hydrogen-bond acceptors (Lipinski definition) is 7. The van der Waals surface area contributed by atoms with Crippen molar-refractivity contribution in [3.05, 3.63) is 30.6 Å². The molecule has 3 aliphatic rings. The number of rotatable bonds is 4. The van der Waals surface area contributed by atoms with Crippen molar-refractivity contribution in [1.82, 2.24) is 19.7 Å². The normalized spacial score (nSPS) is 24.0. The number of pyridine rings is 2. The van der Waals surface area contributed by atoms with Crippen molar-refractivity contribution >= 4 is 22.4 Å². The van der Waals surface area contributed by atoms with Crippen molar-refractivity contribution in [2.75, 3.05) is 49.3 Å². The minimum Gasteiger partial charge on any atom is -0.377 e. The van der Waals surface area contributed by atoms with Crippen LogP contribution in [0.3, 0.4) is 0 Å². The van der Waals surface area contributed by atoms with E-state index < -0.39 is 0 Å². The summed E-state index contributed by atoms with van der Waals surface area (Å²) in [7, 11) is 0. The van der Waals surface area contributed by atoms with Crippen LogP contribution in [0.4, 0.5) is 11.5 Å². The molecule has 3 aromatic heterocycles. The fraction of sp³-hybridized carbons (Fsp3) is 0.560. The van der Waals surface area contributed by atoms with Crippen LogP contribution in [0.2, 0.25) is 0 Å². The quantitative estimate of drug-likeness (QED) is 0.597. The predicted molar refractivity (Wildman–Crippen MR) is 129 cm³/mol. The Morgan fingerprint density at radius 3 is 2.73 bits per heavy atom. The van der Waals surface area contributed by atoms with Crippen molar-refractivity contribution in [2.45, 2.75) is 51.3 Å². The second-order valence-electron chi connectivity index (χ2n) is 9.35. The van der Waals surface area contributed by atoms with Gasteiger partial charge in [-0.2, -0.15) is 5.10 Å². The Morgan fingerprint density at radius 2 is 1.91 bits per heavy atom. The lowest BCUT2D eigenvalue weighted by atomic mass is 10.1. The molecule has 8 nitrogen and oxygen atoms in total. The first-order valence-corrected chi connectivity index (χ1v) is 12.3. The maximum absolute atomic E-state index is 6.06. The van der Waals surface area contributed by atoms with Crippen molar-refractivity contribution in [1.29, 1.82) is 0 Å². The Kier molecular flexibility index (Phi) is 5.63. The molecule has 0 bridgehead atoms. The molecule has 0 saturated carbocycles. The highest BCUT2D eigenvalue weighted by molar-refractivity contribution is 6.00. The summed E-state index contributed by atoms with van der Waals surface area (Å²) < 4.78 is 13.8. The molecule has 6 rings (SSSR count). The average Bonchev–Trinajstić information content (AvgIpc) is 3.56. The highest BCUT2D eigenvalue weighted by Gasteiger charge is 2.26. The summed E-state index contributed by atoms with van der Waals surface area (Å²) in [5.41, 5.74) is 4.05. The zero-order valence-corrected chi connectivity index (χ0v) is 19.3. The smallest absolute Gasteiger partial charge is 0.150 e. The first-order valence-electron chi connectivity index (χ1n) is 12.3. The number of ether oxygens (including phenoxy) is 2. The SMILES string of the molecule is CC1COCCN1c1cc(N2CCCC2)c2ccnc(-c3ccnn3C3CCCCO3)c2n1. The molecule has 0 aromatic carbocycles. The van der Waals surface area contributed by atoms with Gasteiger partial charge in [-0.05, 0) is 51.2 Å². The van der Waals surface area contributed by atoms with E-state index in [0.717, 1.165) is 86.8 Å². The van der Waals surface area contributed by atoms with Gasteiger partial charge in [0, 0.05) is 55.8 Å². The van der Waals surface area contributed by atoms with Gasteiger partial charge in [0.25, 0.3) is 0 Å². The van der Waals surface area contributed by atoms with Crippen LogP contribution in [0.1, 0.15) is 45.3 Å². The number of hydrogen-bond donors (Lipinski definition) is 0. The third kappa shape index (κ3) is 3.85. The van der Waals surface area contributed by atoms with Crippen LogP contribution in [0.5, 0.6) is 0 Å². The Bertz CT molecular complexity index is 1120. The van der Waals surface area contributed by atoms with Crippen LogP contribution < -0.4 is 9.80 Å². The van der Waals surface area contributed by atoms with E-state index >= 15 is 0 Å². The van der Waals surface area contributed by atoms with E-state index in [1.807, 2.05) is 23.1 Å². The maximum atomic E-state index is 6.06. The van der Waals surface area contributed by atoms with Gasteiger partial charge in [0.2, 0.25) is 0 Å². The minimum absolute atomic E-state index is 0.0405. The molecule has 3 fully saturated rings. The van der Waals surface area contributed by atoms with E-state index in [4.69, 9.17) is 19.4 Å². The average molecular weight is 449 g/mol. The maximum Gasteiger partial charge on any atom is 0.150 e. The summed E-state index contributed by atoms with van der Waals surface area (Å²) in [5.74, 6) is 1.01. The molecule has 6 heterocycles. The van der Waals surface area contributed by atoms with Crippen molar-refractivity contribution in [3.8, 4) is 11.4 Å². The number of nitrogens with zero attached hydrogens (tertiary/aromatic N) is 6. The second-order valence-corrected chi connectivity index (χ2v) is 9.35. The molecule has 0 spiro atoms. The number of fused-ring (bicyclic) bond motifs is 1. The standard InChI is InChI=1S/C25H32N6O2/c1-18-17-32-15-13-30(18)22-16-21(29-11-3-4-12-29)19-7-9-26-25(24(19)28-22)20-8-10-27-31(20)23-6-2-5-14-33-23/h7-10,16,18,23H,2-6,11-15,17H2,1H3. The van der Waals surface area contributed by atoms with Crippen LogP contribution in [0.15, 0.2) is 30.6 Å². The molecule has 2 atom stereocenters. The number of morpholine rings is 1. The van der Waals surface area contributed by atoms with E-state index in [2.05, 4.69) is 34.0 Å². The molecule has 3 aliphatic heterocycles. The third-order valence-corrected chi connectivity index (χ3v) is 7.14. The van der Waals surface area contributed by atoms with E-state index in [1.165, 1.54) is 18.5 Å². The molecular weight excluding hydrogens is 416 g/mol. The number of anilines is 2. The summed E-state index contributed by atoms with van der Waals surface area (Å²) in [4.78, 5) is 14.9. The molecule has 0 aliphatic carbocycles. The van der Waals surface area contributed by atoms with Gasteiger partial charge in [0.05, 0.1) is 24.9 Å². The summed E-state index contributed by atoms with van der Waals surface area (Å²) in [6, 6.07) is 6.72. The van der Waals surface area contributed by atoms with Crippen LogP contribution in [-0.2, 0) is 9.47 Å². The molecule has 0 N–H and O–H groups in total. The zero-order valence-electron chi connectivity index (χ0n) is 19.3. The van der Waals surface area contributed by atoms with Gasteiger partial charge in [-0.15, -0.1) is 0 Å². The van der Waals surface area contributed by atoms with Crippen LogP contribution in [0.25, 0.3) is 22.3 Å². The van der Waals surface area contributed by atoms with Gasteiger partial charge in [-0.25, -0.2) is 9.67 Å². The number of aromatic nitrogens is 4. The van der Waals surface area contributed by atoms with Crippen molar-refractivity contribution in [3.63, 3.8) is 0 Å². The highest BCUT2D eigenvalue weighted by atomic mass is 16.5. The summed E-state index contributed by atoms with van der Waals surface area (Å²) in [6.07, 6.45) is 9.43. The lowest BCUT2D eigenvalue weighted by Gasteiger charge is -2.35. The lowest BCUT2D eigenvalue weighted by molar-refractivity contribution is -0.0383. The molecule has 3 saturated heterocycles. The van der Waals surface area contributed by atoms with Crippen LogP contribution in [0, 0.1) is 0 Å². The first-order chi connectivity index (χ1) is 16.3. The zero-order chi connectivity index (χ0) is 22.2. The van der Waals surface area contributed by atoms with Gasteiger partial charge < -0.3 is 19.3 Å². The van der Waals surface area contributed by atoms with Gasteiger partial charge in [0.1, 0.15) is 17.0 Å². The molecule has 3 aromatic rings. The Balaban J connectivity index is 1.51.